The van der Waals surface area contributed by atoms with Crippen molar-refractivity contribution in [3.63, 3.8) is 0 Å². The zero-order valence-electron chi connectivity index (χ0n) is 12.7. The molecule has 1 fully saturated rings. The summed E-state index contributed by atoms with van der Waals surface area (Å²) in [6, 6.07) is 5.47. The van der Waals surface area contributed by atoms with Crippen molar-refractivity contribution in [2.45, 2.75) is 18.5 Å². The second-order valence-corrected chi connectivity index (χ2v) is 7.52. The van der Waals surface area contributed by atoms with E-state index in [1.54, 1.807) is 12.1 Å². The lowest BCUT2D eigenvalue weighted by Gasteiger charge is -2.14. The fourth-order valence-electron chi connectivity index (χ4n) is 2.76. The predicted molar refractivity (Wildman–Crippen MR) is 81.4 cm³/mol. The normalized spacial score (nSPS) is 22.6. The van der Waals surface area contributed by atoms with Gasteiger partial charge in [-0.2, -0.15) is 4.98 Å². The number of aromatic nitrogens is 2. The Morgan fingerprint density at radius 2 is 2.04 bits per heavy atom. The molecule has 2 aromatic rings. The van der Waals surface area contributed by atoms with Gasteiger partial charge in [0.05, 0.1) is 12.3 Å². The van der Waals surface area contributed by atoms with Gasteiger partial charge in [0, 0.05) is 18.2 Å². The number of likely N-dealkylation sites (N-methyl/N-ethyl adjacent to an activating group) is 1. The van der Waals surface area contributed by atoms with E-state index in [2.05, 4.69) is 14.9 Å². The van der Waals surface area contributed by atoms with Gasteiger partial charge in [0.1, 0.15) is 5.82 Å². The van der Waals surface area contributed by atoms with E-state index in [1.165, 1.54) is 12.1 Å². The maximum absolute atomic E-state index is 13.0. The Kier molecular flexibility index (Phi) is 4.17. The van der Waals surface area contributed by atoms with E-state index in [0.29, 0.717) is 30.2 Å². The molecule has 1 aliphatic rings. The molecule has 124 valence electrons. The van der Waals surface area contributed by atoms with Crippen molar-refractivity contribution in [3.05, 3.63) is 36.0 Å². The Morgan fingerprint density at radius 1 is 1.35 bits per heavy atom. The number of benzene rings is 1. The van der Waals surface area contributed by atoms with Gasteiger partial charge in [-0.1, -0.05) is 5.16 Å². The van der Waals surface area contributed by atoms with Crippen LogP contribution in [-0.4, -0.2) is 49.3 Å². The molecule has 23 heavy (non-hydrogen) atoms. The molecule has 1 aliphatic heterocycles. The number of hydrogen-bond donors (Lipinski definition) is 1. The molecule has 1 aromatic heterocycles. The third-order valence-corrected chi connectivity index (χ3v) is 4.52. The average Bonchev–Trinajstić information content (AvgIpc) is 3.04. The zero-order chi connectivity index (χ0) is 16.6. The van der Waals surface area contributed by atoms with Crippen LogP contribution in [0.3, 0.4) is 0 Å². The minimum Gasteiger partial charge on any atom is -0.337 e. The summed E-state index contributed by atoms with van der Waals surface area (Å²) in [5.74, 6) is 0.472. The molecule has 7 nitrogen and oxygen atoms in total. The summed E-state index contributed by atoms with van der Waals surface area (Å²) in [7, 11) is -1.39. The second-order valence-electron chi connectivity index (χ2n) is 5.74. The minimum absolute atomic E-state index is 0.157. The van der Waals surface area contributed by atoms with Gasteiger partial charge in [-0.25, -0.2) is 17.5 Å². The topological polar surface area (TPSA) is 88.3 Å². The maximum atomic E-state index is 13.0. The largest absolute Gasteiger partial charge is 0.337 e. The second kappa shape index (κ2) is 5.99. The van der Waals surface area contributed by atoms with Crippen LogP contribution in [0.4, 0.5) is 4.39 Å². The molecule has 0 aliphatic carbocycles. The smallest absolute Gasteiger partial charge is 0.244 e. The Labute approximate surface area is 133 Å². The lowest BCUT2D eigenvalue weighted by atomic mass is 10.2. The van der Waals surface area contributed by atoms with Crippen LogP contribution in [0, 0.1) is 5.82 Å². The summed E-state index contributed by atoms with van der Waals surface area (Å²) in [5.41, 5.74) is 0.660. The Hall–Kier alpha value is -1.84. The van der Waals surface area contributed by atoms with Gasteiger partial charge in [-0.3, -0.25) is 4.90 Å². The summed E-state index contributed by atoms with van der Waals surface area (Å²) in [4.78, 5) is 6.32. The number of halogens is 1. The number of rotatable bonds is 4. The SMILES string of the molecule is CN1CC(NS(C)(=O)=O)CC1c1nc(-c2ccc(F)cc2)no1. The number of sulfonamides is 1. The molecule has 0 amide bonds. The van der Waals surface area contributed by atoms with Crippen LogP contribution in [0.15, 0.2) is 28.8 Å². The van der Waals surface area contributed by atoms with Crippen molar-refractivity contribution in [1.29, 1.82) is 0 Å². The van der Waals surface area contributed by atoms with Gasteiger partial charge in [0.15, 0.2) is 0 Å². The van der Waals surface area contributed by atoms with Crippen LogP contribution in [0.5, 0.6) is 0 Å². The molecule has 1 saturated heterocycles. The molecule has 1 N–H and O–H groups in total. The summed E-state index contributed by atoms with van der Waals surface area (Å²) < 4.78 is 43.5. The van der Waals surface area contributed by atoms with Gasteiger partial charge >= 0.3 is 0 Å². The average molecular weight is 340 g/mol. The van der Waals surface area contributed by atoms with E-state index in [-0.39, 0.29) is 17.9 Å². The van der Waals surface area contributed by atoms with E-state index >= 15 is 0 Å². The summed E-state index contributed by atoms with van der Waals surface area (Å²) >= 11 is 0. The van der Waals surface area contributed by atoms with Crippen LogP contribution >= 0.6 is 0 Å². The third-order valence-electron chi connectivity index (χ3n) is 3.76. The molecule has 1 aromatic carbocycles. The molecule has 2 heterocycles. The zero-order valence-corrected chi connectivity index (χ0v) is 13.5. The minimum atomic E-state index is -3.26. The number of nitrogens with one attached hydrogen (secondary N) is 1. The van der Waals surface area contributed by atoms with Crippen LogP contribution < -0.4 is 4.72 Å². The summed E-state index contributed by atoms with van der Waals surface area (Å²) in [6.45, 7) is 0.562. The lowest BCUT2D eigenvalue weighted by Crippen LogP contribution is -2.35. The summed E-state index contributed by atoms with van der Waals surface area (Å²) in [6.07, 6.45) is 1.69. The molecule has 3 rings (SSSR count). The highest BCUT2D eigenvalue weighted by molar-refractivity contribution is 7.88. The van der Waals surface area contributed by atoms with Gasteiger partial charge < -0.3 is 4.52 Å². The van der Waals surface area contributed by atoms with Crippen LogP contribution in [0.2, 0.25) is 0 Å². The Balaban J connectivity index is 1.76. The van der Waals surface area contributed by atoms with E-state index in [1.807, 2.05) is 11.9 Å². The van der Waals surface area contributed by atoms with Crippen molar-refractivity contribution >= 4 is 10.0 Å². The standard InChI is InChI=1S/C14H17FN4O3S/c1-19-8-11(18-23(2,20)21)7-12(19)14-16-13(17-22-14)9-3-5-10(15)6-4-9/h3-6,11-12,18H,7-8H2,1-2H3. The predicted octanol–water partition coefficient (Wildman–Crippen LogP) is 1.17. The number of nitrogens with zero attached hydrogens (tertiary/aromatic N) is 3. The molecule has 0 saturated carbocycles. The number of likely N-dealkylation sites (tertiary alicyclic amines) is 1. The fraction of sp³-hybridized carbons (Fsp3) is 0.429. The molecule has 0 bridgehead atoms. The fourth-order valence-corrected chi connectivity index (χ4v) is 3.54. The van der Waals surface area contributed by atoms with Crippen molar-refractivity contribution < 1.29 is 17.3 Å². The lowest BCUT2D eigenvalue weighted by molar-refractivity contribution is 0.244. The van der Waals surface area contributed by atoms with E-state index in [9.17, 15) is 12.8 Å². The molecular weight excluding hydrogens is 323 g/mol. The van der Waals surface area contributed by atoms with Crippen molar-refractivity contribution in [3.8, 4) is 11.4 Å². The van der Waals surface area contributed by atoms with Crippen LogP contribution in [-0.2, 0) is 10.0 Å². The monoisotopic (exact) mass is 340 g/mol. The van der Waals surface area contributed by atoms with Crippen LogP contribution in [0.1, 0.15) is 18.4 Å². The first kappa shape index (κ1) is 16.0. The molecule has 0 radical (unpaired) electrons. The van der Waals surface area contributed by atoms with Gasteiger partial charge in [-0.05, 0) is 37.7 Å². The molecule has 2 unspecified atom stereocenters. The Bertz CT molecular complexity index is 791. The van der Waals surface area contributed by atoms with E-state index < -0.39 is 10.0 Å². The first-order valence-electron chi connectivity index (χ1n) is 7.09. The van der Waals surface area contributed by atoms with Crippen molar-refractivity contribution in [2.75, 3.05) is 19.8 Å². The highest BCUT2D eigenvalue weighted by Gasteiger charge is 2.35. The summed E-state index contributed by atoms with van der Waals surface area (Å²) in [5, 5.41) is 3.92. The quantitative estimate of drug-likeness (QED) is 0.899. The first-order chi connectivity index (χ1) is 10.8. The van der Waals surface area contributed by atoms with E-state index in [4.69, 9.17) is 4.52 Å². The number of hydrogen-bond acceptors (Lipinski definition) is 6. The van der Waals surface area contributed by atoms with Gasteiger partial charge in [0.25, 0.3) is 0 Å². The van der Waals surface area contributed by atoms with Crippen molar-refractivity contribution in [1.82, 2.24) is 19.8 Å². The van der Waals surface area contributed by atoms with Crippen LogP contribution in [0.25, 0.3) is 11.4 Å². The molecular formula is C14H17FN4O3S. The van der Waals surface area contributed by atoms with Gasteiger partial charge in [-0.15, -0.1) is 0 Å². The highest BCUT2D eigenvalue weighted by atomic mass is 32.2. The Morgan fingerprint density at radius 3 is 2.70 bits per heavy atom. The third kappa shape index (κ3) is 3.74. The highest BCUT2D eigenvalue weighted by Crippen LogP contribution is 2.31. The molecule has 0 spiro atoms. The van der Waals surface area contributed by atoms with E-state index in [0.717, 1.165) is 6.26 Å². The van der Waals surface area contributed by atoms with Crippen molar-refractivity contribution in [2.24, 2.45) is 0 Å². The maximum Gasteiger partial charge on any atom is 0.244 e. The molecule has 2 atom stereocenters. The molecule has 9 heteroatoms. The van der Waals surface area contributed by atoms with Gasteiger partial charge in [0.2, 0.25) is 21.7 Å². The first-order valence-corrected chi connectivity index (χ1v) is 8.98.